The Kier molecular flexibility index (Phi) is 9.05. The lowest BCUT2D eigenvalue weighted by molar-refractivity contribution is -0.142. The molecule has 0 aliphatic heterocycles. The summed E-state index contributed by atoms with van der Waals surface area (Å²) in [5.74, 6) is 0.140. The average molecular weight is 747 g/mol. The molecule has 0 atom stereocenters. The Morgan fingerprint density at radius 1 is 1.02 bits per heavy atom. The summed E-state index contributed by atoms with van der Waals surface area (Å²) in [6, 6.07) is 11.4. The van der Waals surface area contributed by atoms with Crippen molar-refractivity contribution in [1.82, 2.24) is 29.2 Å². The van der Waals surface area contributed by atoms with E-state index >= 15 is 0 Å². The number of hydrogen-bond acceptors (Lipinski definition) is 5. The molecule has 0 amide bonds. The number of ether oxygens (including phenoxy) is 1. The zero-order valence-electron chi connectivity index (χ0n) is 30.7. The molecule has 1 N–H and O–H groups in total. The Balaban J connectivity index is 1.28. The second-order valence-electron chi connectivity index (χ2n) is 16.7. The maximum Gasteiger partial charge on any atom is 0.433 e. The lowest BCUT2D eigenvalue weighted by Gasteiger charge is -2.39. The van der Waals surface area contributed by atoms with Crippen LogP contribution in [0.1, 0.15) is 86.4 Å². The van der Waals surface area contributed by atoms with Gasteiger partial charge in [-0.15, -0.1) is 0 Å². The first-order valence-electron chi connectivity index (χ1n) is 18.7. The smallest absolute Gasteiger partial charge is 0.361 e. The van der Waals surface area contributed by atoms with E-state index in [-0.39, 0.29) is 29.4 Å². The first kappa shape index (κ1) is 35.9. The Morgan fingerprint density at radius 3 is 2.43 bits per heavy atom. The van der Waals surface area contributed by atoms with Crippen LogP contribution in [0.25, 0.3) is 33.5 Å². The molecular weight excluding hydrogens is 701 g/mol. The Labute approximate surface area is 307 Å². The van der Waals surface area contributed by atoms with Crippen molar-refractivity contribution < 1.29 is 22.3 Å². The van der Waals surface area contributed by atoms with Crippen molar-refractivity contribution in [1.29, 1.82) is 0 Å². The van der Waals surface area contributed by atoms with Crippen molar-refractivity contribution in [3.8, 4) is 22.6 Å². The van der Waals surface area contributed by atoms with Crippen molar-refractivity contribution in [2.45, 2.75) is 114 Å². The van der Waals surface area contributed by atoms with Gasteiger partial charge in [-0.3, -0.25) is 9.36 Å². The fraction of sp³-hybridized carbons (Fsp3) is 0.475. The van der Waals surface area contributed by atoms with Crippen LogP contribution in [0.4, 0.5) is 17.6 Å². The number of nitrogens with zero attached hydrogens (tertiary/aromatic N) is 5. The summed E-state index contributed by atoms with van der Waals surface area (Å²) in [6.45, 7) is 10.6. The first-order chi connectivity index (χ1) is 25.2. The number of halogens is 4. The molecule has 3 aliphatic carbocycles. The van der Waals surface area contributed by atoms with Gasteiger partial charge in [0.25, 0.3) is 5.56 Å². The number of benzene rings is 1. The minimum Gasteiger partial charge on any atom is -0.361 e. The average Bonchev–Trinajstić information content (AvgIpc) is 4.02. The highest BCUT2D eigenvalue weighted by molar-refractivity contribution is 6.76. The largest absolute Gasteiger partial charge is 0.433 e. The number of nitrogens with one attached hydrogen (secondary N) is 1. The zero-order valence-corrected chi connectivity index (χ0v) is 31.7. The highest BCUT2D eigenvalue weighted by atomic mass is 28.3. The summed E-state index contributed by atoms with van der Waals surface area (Å²) in [5.41, 5.74) is 3.01. The molecule has 5 aromatic rings. The summed E-state index contributed by atoms with van der Waals surface area (Å²) < 4.78 is 67.5. The minimum atomic E-state index is -4.71. The summed E-state index contributed by atoms with van der Waals surface area (Å²) >= 11 is 0. The molecule has 280 valence electrons. The molecule has 13 heteroatoms. The molecule has 3 fully saturated rings. The third-order valence-electron chi connectivity index (χ3n) is 11.1. The summed E-state index contributed by atoms with van der Waals surface area (Å²) in [6.07, 6.45) is 5.54. The predicted octanol–water partition coefficient (Wildman–Crippen LogP) is 9.30. The Morgan fingerprint density at radius 2 is 1.77 bits per heavy atom. The van der Waals surface area contributed by atoms with E-state index in [2.05, 4.69) is 43.0 Å². The number of alkyl halides is 3. The number of aromatic nitrogens is 5. The molecule has 4 heterocycles. The lowest BCUT2D eigenvalue weighted by Crippen LogP contribution is -2.47. The maximum atomic E-state index is 14.9. The molecule has 0 radical (unpaired) electrons. The van der Waals surface area contributed by atoms with E-state index in [1.54, 1.807) is 10.6 Å². The van der Waals surface area contributed by atoms with E-state index in [9.17, 15) is 22.4 Å². The van der Waals surface area contributed by atoms with Crippen LogP contribution in [-0.2, 0) is 24.2 Å². The molecule has 1 aromatic carbocycles. The normalized spacial score (nSPS) is 17.4. The van der Waals surface area contributed by atoms with E-state index in [0.717, 1.165) is 89.9 Å². The second-order valence-corrected chi connectivity index (χ2v) is 22.3. The lowest BCUT2D eigenvalue weighted by atomic mass is 9.78. The van der Waals surface area contributed by atoms with Gasteiger partial charge in [0.15, 0.2) is 0 Å². The molecule has 3 saturated carbocycles. The van der Waals surface area contributed by atoms with Crippen molar-refractivity contribution in [3.63, 3.8) is 0 Å². The van der Waals surface area contributed by atoms with Gasteiger partial charge in [-0.1, -0.05) is 19.6 Å². The highest BCUT2D eigenvalue weighted by Crippen LogP contribution is 2.45. The van der Waals surface area contributed by atoms with Gasteiger partial charge in [-0.2, -0.15) is 18.3 Å². The standard InChI is InChI=1S/C40H46F4N6O2Si/c1-39(13-5-14-39)45-22-29-21-31-32(25-6-7-25)23-48(38(51)37(31)49(29)24-52-16-17-53(2,3)4)36-19-27(18-33(47-36)26-8-9-26)30-11-10-28(41)20-34(30)50-35(12-15-46-50)40(42,43)44/h10-12,15,18-21,23,25-26,45H,5-9,13-14,16-17,22,24H2,1-4H3. The first-order valence-corrected chi connectivity index (χ1v) is 22.4. The van der Waals surface area contributed by atoms with Gasteiger partial charge >= 0.3 is 6.18 Å². The molecule has 0 bridgehead atoms. The van der Waals surface area contributed by atoms with Crippen LogP contribution in [0.15, 0.2) is 59.7 Å². The second kappa shape index (κ2) is 13.3. The van der Waals surface area contributed by atoms with Gasteiger partial charge in [-0.25, -0.2) is 14.1 Å². The minimum absolute atomic E-state index is 0.0515. The highest BCUT2D eigenvalue weighted by Gasteiger charge is 2.37. The van der Waals surface area contributed by atoms with E-state index in [1.807, 2.05) is 16.8 Å². The number of pyridine rings is 2. The quantitative estimate of drug-likeness (QED) is 0.0739. The molecule has 3 aliphatic rings. The van der Waals surface area contributed by atoms with E-state index in [4.69, 9.17) is 9.72 Å². The molecule has 0 spiro atoms. The van der Waals surface area contributed by atoms with Crippen LogP contribution >= 0.6 is 0 Å². The monoisotopic (exact) mass is 746 g/mol. The topological polar surface area (TPSA) is 78.9 Å². The Hall–Kier alpha value is -4.07. The van der Waals surface area contributed by atoms with Crippen molar-refractivity contribution >= 4 is 19.0 Å². The molecule has 8 rings (SSSR count). The van der Waals surface area contributed by atoms with Gasteiger partial charge < -0.3 is 14.6 Å². The van der Waals surface area contributed by atoms with Crippen molar-refractivity contribution in [2.24, 2.45) is 0 Å². The molecule has 0 unspecified atom stereocenters. The fourth-order valence-corrected chi connectivity index (χ4v) is 8.13. The summed E-state index contributed by atoms with van der Waals surface area (Å²) in [5, 5.41) is 8.63. The van der Waals surface area contributed by atoms with Gasteiger partial charge in [0, 0.05) is 67.3 Å². The number of hydrogen-bond donors (Lipinski definition) is 1. The number of rotatable bonds is 13. The number of fused-ring (bicyclic) bond motifs is 1. The maximum absolute atomic E-state index is 14.9. The van der Waals surface area contributed by atoms with Gasteiger partial charge in [0.2, 0.25) is 0 Å². The van der Waals surface area contributed by atoms with Gasteiger partial charge in [-0.05, 0) is 111 Å². The summed E-state index contributed by atoms with van der Waals surface area (Å²) in [7, 11) is -1.35. The van der Waals surface area contributed by atoms with Crippen LogP contribution in [0.2, 0.25) is 25.7 Å². The molecular formula is C40H46F4N6O2Si. The molecule has 0 saturated heterocycles. The van der Waals surface area contributed by atoms with E-state index in [1.165, 1.54) is 18.6 Å². The Bertz CT molecular complexity index is 2240. The van der Waals surface area contributed by atoms with Crippen LogP contribution in [-0.4, -0.2) is 44.1 Å². The van der Waals surface area contributed by atoms with Crippen LogP contribution < -0.4 is 10.9 Å². The van der Waals surface area contributed by atoms with Crippen LogP contribution in [0, 0.1) is 5.82 Å². The van der Waals surface area contributed by atoms with Crippen molar-refractivity contribution in [2.75, 3.05) is 6.61 Å². The predicted molar refractivity (Wildman–Crippen MR) is 200 cm³/mol. The molecule has 53 heavy (non-hydrogen) atoms. The van der Waals surface area contributed by atoms with Gasteiger partial charge in [0.1, 0.15) is 29.6 Å². The third-order valence-corrected chi connectivity index (χ3v) is 12.8. The van der Waals surface area contributed by atoms with Crippen molar-refractivity contribution in [3.05, 3.63) is 93.7 Å². The van der Waals surface area contributed by atoms with E-state index < -0.39 is 25.8 Å². The SMILES string of the molecule is CC1(NCc2cc3c(C4CC4)cn(-c4cc(-c5ccc(F)cc5-n5nccc5C(F)(F)F)cc(C5CC5)n4)c(=O)c3n2COCC[Si](C)(C)C)CCC1. The zero-order chi connectivity index (χ0) is 37.3. The summed E-state index contributed by atoms with van der Waals surface area (Å²) in [4.78, 5) is 19.9. The van der Waals surface area contributed by atoms with Gasteiger partial charge in [0.05, 0.1) is 11.9 Å². The molecule has 8 nitrogen and oxygen atoms in total. The molecule has 4 aromatic heterocycles. The van der Waals surface area contributed by atoms with Crippen LogP contribution in [0.5, 0.6) is 0 Å². The van der Waals surface area contributed by atoms with E-state index in [0.29, 0.717) is 41.5 Å². The third kappa shape index (κ3) is 7.39. The fourth-order valence-electron chi connectivity index (χ4n) is 7.38. The van der Waals surface area contributed by atoms with Crippen LogP contribution in [0.3, 0.4) is 0 Å².